The van der Waals surface area contributed by atoms with Crippen molar-refractivity contribution in [1.29, 1.82) is 0 Å². The molecule has 0 bridgehead atoms. The second-order valence-corrected chi connectivity index (χ2v) is 4.56. The molecule has 6 heteroatoms. The third kappa shape index (κ3) is 3.83. The van der Waals surface area contributed by atoms with Gasteiger partial charge in [-0.15, -0.1) is 0 Å². The largest absolute Gasteiger partial charge is 0.492 e. The van der Waals surface area contributed by atoms with Crippen LogP contribution < -0.4 is 15.4 Å². The number of benzene rings is 1. The van der Waals surface area contributed by atoms with Crippen molar-refractivity contribution < 1.29 is 14.3 Å². The van der Waals surface area contributed by atoms with Gasteiger partial charge in [0.25, 0.3) is 0 Å². The molecule has 2 N–H and O–H groups in total. The lowest BCUT2D eigenvalue weighted by Crippen LogP contribution is -2.48. The Hall–Kier alpha value is -1.30. The fraction of sp³-hybridized carbons (Fsp3) is 0.462. The van der Waals surface area contributed by atoms with Crippen LogP contribution in [0.1, 0.15) is 6.92 Å². The molecule has 1 unspecified atom stereocenters. The Balaban J connectivity index is 1.98. The van der Waals surface area contributed by atoms with Crippen LogP contribution in [-0.4, -0.2) is 38.3 Å². The highest BCUT2D eigenvalue weighted by atomic mass is 35.5. The SMILES string of the molecule is CCOc1ccc(NC(=O)C2COCCN2)cc1Cl. The molecule has 19 heavy (non-hydrogen) atoms. The van der Waals surface area contributed by atoms with Gasteiger partial charge in [0.2, 0.25) is 5.91 Å². The number of carbonyl (C=O) groups is 1. The van der Waals surface area contributed by atoms with Crippen LogP contribution in [0.2, 0.25) is 5.02 Å². The number of hydrogen-bond acceptors (Lipinski definition) is 4. The van der Waals surface area contributed by atoms with Gasteiger partial charge in [0.05, 0.1) is 24.8 Å². The van der Waals surface area contributed by atoms with Crippen LogP contribution in [0.15, 0.2) is 18.2 Å². The summed E-state index contributed by atoms with van der Waals surface area (Å²) >= 11 is 6.06. The molecule has 1 aromatic carbocycles. The topological polar surface area (TPSA) is 59.6 Å². The molecule has 5 nitrogen and oxygen atoms in total. The Morgan fingerprint density at radius 3 is 3.11 bits per heavy atom. The van der Waals surface area contributed by atoms with Crippen molar-refractivity contribution >= 4 is 23.2 Å². The van der Waals surface area contributed by atoms with Gasteiger partial charge in [0, 0.05) is 12.2 Å². The molecule has 2 rings (SSSR count). The highest BCUT2D eigenvalue weighted by molar-refractivity contribution is 6.32. The van der Waals surface area contributed by atoms with E-state index >= 15 is 0 Å². The molecular formula is C13H17ClN2O3. The minimum Gasteiger partial charge on any atom is -0.492 e. The Bertz CT molecular complexity index is 448. The first-order chi connectivity index (χ1) is 9.20. The third-order valence-corrected chi connectivity index (χ3v) is 3.03. The van der Waals surface area contributed by atoms with E-state index in [1.54, 1.807) is 18.2 Å². The van der Waals surface area contributed by atoms with Crippen molar-refractivity contribution in [2.45, 2.75) is 13.0 Å². The fourth-order valence-corrected chi connectivity index (χ4v) is 2.05. The van der Waals surface area contributed by atoms with Gasteiger partial charge in [-0.1, -0.05) is 11.6 Å². The first kappa shape index (κ1) is 14.1. The van der Waals surface area contributed by atoms with Crippen LogP contribution in [0.3, 0.4) is 0 Å². The molecule has 0 aliphatic carbocycles. The Morgan fingerprint density at radius 2 is 2.47 bits per heavy atom. The van der Waals surface area contributed by atoms with Crippen molar-refractivity contribution in [3.63, 3.8) is 0 Å². The number of nitrogens with one attached hydrogen (secondary N) is 2. The number of carbonyl (C=O) groups excluding carboxylic acids is 1. The van der Waals surface area contributed by atoms with Crippen LogP contribution in [0, 0.1) is 0 Å². The molecule has 1 saturated heterocycles. The van der Waals surface area contributed by atoms with Gasteiger partial charge < -0.3 is 20.1 Å². The molecule has 0 radical (unpaired) electrons. The Kier molecular flexibility index (Phi) is 5.01. The zero-order valence-corrected chi connectivity index (χ0v) is 11.5. The van der Waals surface area contributed by atoms with E-state index in [9.17, 15) is 4.79 Å². The summed E-state index contributed by atoms with van der Waals surface area (Å²) in [5.74, 6) is 0.487. The minimum absolute atomic E-state index is 0.125. The number of anilines is 1. The lowest BCUT2D eigenvalue weighted by molar-refractivity contribution is -0.120. The molecule has 1 fully saturated rings. The van der Waals surface area contributed by atoms with Gasteiger partial charge in [-0.3, -0.25) is 4.79 Å². The van der Waals surface area contributed by atoms with Crippen LogP contribution in [0.5, 0.6) is 5.75 Å². The van der Waals surface area contributed by atoms with Crippen molar-refractivity contribution in [1.82, 2.24) is 5.32 Å². The molecular weight excluding hydrogens is 268 g/mol. The number of morpholine rings is 1. The van der Waals surface area contributed by atoms with Crippen molar-refractivity contribution in [2.75, 3.05) is 31.7 Å². The maximum Gasteiger partial charge on any atom is 0.243 e. The average molecular weight is 285 g/mol. The zero-order chi connectivity index (χ0) is 13.7. The first-order valence-corrected chi connectivity index (χ1v) is 6.63. The van der Waals surface area contributed by atoms with E-state index in [2.05, 4.69) is 10.6 Å². The first-order valence-electron chi connectivity index (χ1n) is 6.25. The molecule has 0 saturated carbocycles. The average Bonchev–Trinajstić information content (AvgIpc) is 2.43. The van der Waals surface area contributed by atoms with Crippen molar-refractivity contribution in [3.05, 3.63) is 23.2 Å². The molecule has 104 valence electrons. The van der Waals surface area contributed by atoms with Gasteiger partial charge in [-0.25, -0.2) is 0 Å². The summed E-state index contributed by atoms with van der Waals surface area (Å²) in [5, 5.41) is 6.37. The monoisotopic (exact) mass is 284 g/mol. The van der Waals surface area contributed by atoms with Crippen LogP contribution >= 0.6 is 11.6 Å². The maximum absolute atomic E-state index is 12.0. The van der Waals surface area contributed by atoms with Gasteiger partial charge in [-0.2, -0.15) is 0 Å². The standard InChI is InChI=1S/C13H17ClN2O3/c1-2-19-12-4-3-9(7-10(12)14)16-13(17)11-8-18-6-5-15-11/h3-4,7,11,15H,2,5-6,8H2,1H3,(H,16,17). The number of amides is 1. The highest BCUT2D eigenvalue weighted by Crippen LogP contribution is 2.27. The van der Waals surface area contributed by atoms with E-state index in [0.717, 1.165) is 0 Å². The lowest BCUT2D eigenvalue weighted by atomic mass is 10.2. The Morgan fingerprint density at radius 1 is 1.63 bits per heavy atom. The third-order valence-electron chi connectivity index (χ3n) is 2.74. The van der Waals surface area contributed by atoms with Crippen LogP contribution in [0.25, 0.3) is 0 Å². The lowest BCUT2D eigenvalue weighted by Gasteiger charge is -2.23. The fourth-order valence-electron chi connectivity index (χ4n) is 1.81. The van der Waals surface area contributed by atoms with Gasteiger partial charge in [-0.05, 0) is 25.1 Å². The van der Waals surface area contributed by atoms with Gasteiger partial charge >= 0.3 is 0 Å². The molecule has 1 aromatic rings. The summed E-state index contributed by atoms with van der Waals surface area (Å²) < 4.78 is 10.6. The van der Waals surface area contributed by atoms with E-state index in [0.29, 0.717) is 42.8 Å². The predicted octanol–water partition coefficient (Wildman–Crippen LogP) is 1.67. The summed E-state index contributed by atoms with van der Waals surface area (Å²) in [6.07, 6.45) is 0. The molecule has 0 aromatic heterocycles. The summed E-state index contributed by atoms with van der Waals surface area (Å²) in [4.78, 5) is 12.0. The Labute approximate surface area is 117 Å². The van der Waals surface area contributed by atoms with Crippen LogP contribution in [0.4, 0.5) is 5.69 Å². The molecule has 1 aliphatic heterocycles. The summed E-state index contributed by atoms with van der Waals surface area (Å²) in [6, 6.07) is 4.86. The van der Waals surface area contributed by atoms with E-state index in [4.69, 9.17) is 21.1 Å². The second-order valence-electron chi connectivity index (χ2n) is 4.15. The smallest absolute Gasteiger partial charge is 0.243 e. The maximum atomic E-state index is 12.0. The summed E-state index contributed by atoms with van der Waals surface area (Å²) in [5.41, 5.74) is 0.644. The minimum atomic E-state index is -0.320. The van der Waals surface area contributed by atoms with E-state index in [1.807, 2.05) is 6.92 Å². The summed E-state index contributed by atoms with van der Waals surface area (Å²) in [7, 11) is 0. The molecule has 1 atom stereocenters. The van der Waals surface area contributed by atoms with Gasteiger partial charge in [0.1, 0.15) is 11.8 Å². The molecule has 1 amide bonds. The van der Waals surface area contributed by atoms with Crippen LogP contribution in [-0.2, 0) is 9.53 Å². The van der Waals surface area contributed by atoms with Gasteiger partial charge in [0.15, 0.2) is 0 Å². The van der Waals surface area contributed by atoms with Crippen molar-refractivity contribution in [3.8, 4) is 5.75 Å². The number of halogens is 1. The van der Waals surface area contributed by atoms with Crippen molar-refractivity contribution in [2.24, 2.45) is 0 Å². The number of rotatable bonds is 4. The number of ether oxygens (including phenoxy) is 2. The molecule has 0 spiro atoms. The quantitative estimate of drug-likeness (QED) is 0.883. The molecule has 1 aliphatic rings. The summed E-state index contributed by atoms with van der Waals surface area (Å²) in [6.45, 7) is 4.15. The van der Waals surface area contributed by atoms with E-state index in [1.165, 1.54) is 0 Å². The van der Waals surface area contributed by atoms with E-state index < -0.39 is 0 Å². The van der Waals surface area contributed by atoms with E-state index in [-0.39, 0.29) is 11.9 Å². The predicted molar refractivity (Wildman–Crippen MR) is 73.9 cm³/mol. The highest BCUT2D eigenvalue weighted by Gasteiger charge is 2.21. The second kappa shape index (κ2) is 6.75. The normalized spacial score (nSPS) is 18.9. The number of hydrogen-bond donors (Lipinski definition) is 2. The zero-order valence-electron chi connectivity index (χ0n) is 10.7. The molecule has 1 heterocycles.